The van der Waals surface area contributed by atoms with Gasteiger partial charge in [0.1, 0.15) is 5.75 Å². The van der Waals surface area contributed by atoms with Gasteiger partial charge in [0, 0.05) is 24.4 Å². The zero-order chi connectivity index (χ0) is 17.1. The number of benzene rings is 2. The quantitative estimate of drug-likeness (QED) is 0.595. The molecule has 1 radical (unpaired) electrons. The van der Waals surface area contributed by atoms with Crippen LogP contribution in [0.4, 0.5) is 0 Å². The van der Waals surface area contributed by atoms with E-state index in [0.29, 0.717) is 0 Å². The van der Waals surface area contributed by atoms with Crippen molar-refractivity contribution in [2.24, 2.45) is 0 Å². The van der Waals surface area contributed by atoms with Crippen LogP contribution in [0.5, 0.6) is 5.75 Å². The van der Waals surface area contributed by atoms with Crippen LogP contribution in [0.15, 0.2) is 30.3 Å². The number of hydrogen-bond acceptors (Lipinski definition) is 2. The standard InChI is InChI=1S/C20H25O2P.Li/c1-12(2)22-17-7-9-18(10-8-17)23-20(21)19-14(4)11-13(3)15(5)16(19)6;/h7-12,23H,1-6H3;. The summed E-state index contributed by atoms with van der Waals surface area (Å²) in [7, 11) is 0.139. The van der Waals surface area contributed by atoms with Gasteiger partial charge in [-0.3, -0.25) is 4.79 Å². The van der Waals surface area contributed by atoms with Crippen LogP contribution in [0, 0.1) is 27.7 Å². The SMILES string of the molecule is Cc1cc(C)c(C(=O)Pc2ccc(OC(C)C)cc2)c(C)c1C.[Li]. The van der Waals surface area contributed by atoms with Gasteiger partial charge in [-0.25, -0.2) is 0 Å². The van der Waals surface area contributed by atoms with Crippen molar-refractivity contribution in [3.8, 4) is 5.75 Å². The van der Waals surface area contributed by atoms with Crippen LogP contribution >= 0.6 is 8.58 Å². The number of ether oxygens (including phenoxy) is 1. The number of carbonyl (C=O) groups is 1. The monoisotopic (exact) mass is 335 g/mol. The van der Waals surface area contributed by atoms with E-state index in [9.17, 15) is 4.79 Å². The first-order valence-corrected chi connectivity index (χ1v) is 8.95. The first-order valence-electron chi connectivity index (χ1n) is 7.95. The van der Waals surface area contributed by atoms with E-state index in [1.807, 2.05) is 52.0 Å². The molecule has 2 aromatic carbocycles. The molecule has 2 nitrogen and oxygen atoms in total. The number of rotatable bonds is 5. The third-order valence-corrected chi connectivity index (χ3v) is 5.17. The smallest absolute Gasteiger partial charge is 0.186 e. The molecule has 1 unspecified atom stereocenters. The van der Waals surface area contributed by atoms with Gasteiger partial charge < -0.3 is 4.74 Å². The molecule has 0 aliphatic heterocycles. The Morgan fingerprint density at radius 2 is 1.54 bits per heavy atom. The molecule has 0 spiro atoms. The second-order valence-electron chi connectivity index (χ2n) is 6.28. The van der Waals surface area contributed by atoms with Gasteiger partial charge in [-0.05, 0) is 89.8 Å². The number of hydrogen-bond donors (Lipinski definition) is 0. The van der Waals surface area contributed by atoms with Gasteiger partial charge in [0.15, 0.2) is 5.52 Å². The van der Waals surface area contributed by atoms with E-state index >= 15 is 0 Å². The molecule has 0 aliphatic rings. The Balaban J connectivity index is 0.00000288. The summed E-state index contributed by atoms with van der Waals surface area (Å²) in [6, 6.07) is 9.96. The summed E-state index contributed by atoms with van der Waals surface area (Å²) in [6.45, 7) is 12.3. The third kappa shape index (κ3) is 4.97. The summed E-state index contributed by atoms with van der Waals surface area (Å²) >= 11 is 0. The maximum absolute atomic E-state index is 12.8. The Morgan fingerprint density at radius 1 is 0.958 bits per heavy atom. The first-order chi connectivity index (χ1) is 10.8. The average Bonchev–Trinajstić information content (AvgIpc) is 2.46. The van der Waals surface area contributed by atoms with E-state index in [1.165, 1.54) is 11.1 Å². The second kappa shape index (κ2) is 8.86. The minimum Gasteiger partial charge on any atom is -0.491 e. The van der Waals surface area contributed by atoms with Crippen molar-refractivity contribution in [3.63, 3.8) is 0 Å². The molecule has 0 fully saturated rings. The molecule has 24 heavy (non-hydrogen) atoms. The predicted molar refractivity (Wildman–Crippen MR) is 106 cm³/mol. The Hall–Kier alpha value is -1.06. The van der Waals surface area contributed by atoms with Crippen molar-refractivity contribution < 1.29 is 9.53 Å². The van der Waals surface area contributed by atoms with Crippen molar-refractivity contribution >= 4 is 38.3 Å². The molecule has 0 aromatic heterocycles. The predicted octanol–water partition coefficient (Wildman–Crippen LogP) is 4.47. The van der Waals surface area contributed by atoms with E-state index in [0.717, 1.165) is 27.7 Å². The molecule has 123 valence electrons. The minimum atomic E-state index is 0. The molecule has 0 saturated heterocycles. The normalized spacial score (nSPS) is 11.0. The molecule has 0 saturated carbocycles. The van der Waals surface area contributed by atoms with Gasteiger partial charge in [-0.15, -0.1) is 0 Å². The van der Waals surface area contributed by atoms with Crippen molar-refractivity contribution in [1.29, 1.82) is 0 Å². The van der Waals surface area contributed by atoms with Crippen LogP contribution in [0.2, 0.25) is 0 Å². The van der Waals surface area contributed by atoms with Crippen molar-refractivity contribution in [1.82, 2.24) is 0 Å². The van der Waals surface area contributed by atoms with Gasteiger partial charge in [0.25, 0.3) is 0 Å². The van der Waals surface area contributed by atoms with Crippen LogP contribution < -0.4 is 10.0 Å². The van der Waals surface area contributed by atoms with Crippen molar-refractivity contribution in [3.05, 3.63) is 58.1 Å². The van der Waals surface area contributed by atoms with Gasteiger partial charge in [0.2, 0.25) is 0 Å². The maximum atomic E-state index is 12.8. The van der Waals surface area contributed by atoms with Crippen LogP contribution in [0.25, 0.3) is 0 Å². The molecule has 0 N–H and O–H groups in total. The molecule has 1 atom stereocenters. The van der Waals surface area contributed by atoms with E-state index in [4.69, 9.17) is 4.74 Å². The zero-order valence-electron chi connectivity index (χ0n) is 15.8. The van der Waals surface area contributed by atoms with E-state index in [-0.39, 0.29) is 39.1 Å². The molecule has 0 amide bonds. The minimum absolute atomic E-state index is 0. The summed E-state index contributed by atoms with van der Waals surface area (Å²) < 4.78 is 5.64. The molecular weight excluding hydrogens is 310 g/mol. The molecule has 4 heteroatoms. The summed E-state index contributed by atoms with van der Waals surface area (Å²) in [4.78, 5) is 12.8. The average molecular weight is 335 g/mol. The van der Waals surface area contributed by atoms with Crippen molar-refractivity contribution in [2.45, 2.75) is 47.6 Å². The van der Waals surface area contributed by atoms with E-state index in [1.54, 1.807) is 0 Å². The molecular formula is C20H25LiO2P. The van der Waals surface area contributed by atoms with Gasteiger partial charge in [0.05, 0.1) is 6.10 Å². The molecule has 2 rings (SSSR count). The molecule has 0 aliphatic carbocycles. The molecule has 2 aromatic rings. The fourth-order valence-corrected chi connectivity index (χ4v) is 3.82. The van der Waals surface area contributed by atoms with Crippen LogP contribution in [0.1, 0.15) is 46.5 Å². The van der Waals surface area contributed by atoms with Crippen molar-refractivity contribution in [2.75, 3.05) is 0 Å². The van der Waals surface area contributed by atoms with Crippen LogP contribution in [-0.4, -0.2) is 30.5 Å². The number of carbonyl (C=O) groups excluding carboxylic acids is 1. The Morgan fingerprint density at radius 3 is 2.08 bits per heavy atom. The van der Waals surface area contributed by atoms with Crippen LogP contribution in [-0.2, 0) is 0 Å². The second-order valence-corrected chi connectivity index (χ2v) is 7.56. The summed E-state index contributed by atoms with van der Waals surface area (Å²) in [6.07, 6.45) is 0.158. The summed E-state index contributed by atoms with van der Waals surface area (Å²) in [5.41, 5.74) is 5.73. The Bertz CT molecular complexity index is 721. The fourth-order valence-electron chi connectivity index (χ4n) is 2.72. The van der Waals surface area contributed by atoms with E-state index < -0.39 is 0 Å². The fraction of sp³-hybridized carbons (Fsp3) is 0.350. The maximum Gasteiger partial charge on any atom is 0.186 e. The van der Waals surface area contributed by atoms with E-state index in [2.05, 4.69) is 19.9 Å². The summed E-state index contributed by atoms with van der Waals surface area (Å²) in [5, 5.41) is 1.04. The molecule has 0 bridgehead atoms. The van der Waals surface area contributed by atoms with Gasteiger partial charge in [-0.2, -0.15) is 0 Å². The first kappa shape index (κ1) is 21.0. The third-order valence-electron chi connectivity index (χ3n) is 4.07. The topological polar surface area (TPSA) is 26.3 Å². The Labute approximate surface area is 159 Å². The van der Waals surface area contributed by atoms with Gasteiger partial charge in [-0.1, -0.05) is 18.2 Å². The largest absolute Gasteiger partial charge is 0.491 e. The number of aryl methyl sites for hydroxylation is 2. The van der Waals surface area contributed by atoms with Gasteiger partial charge >= 0.3 is 0 Å². The molecule has 0 heterocycles. The van der Waals surface area contributed by atoms with Crippen LogP contribution in [0.3, 0.4) is 0 Å². The summed E-state index contributed by atoms with van der Waals surface area (Å²) in [5.74, 6) is 0.847. The Kier molecular flexibility index (Phi) is 7.75. The zero-order valence-corrected chi connectivity index (χ0v) is 16.8.